The Kier molecular flexibility index (Phi) is 4.45. The maximum atomic E-state index is 6.13. The van der Waals surface area contributed by atoms with Crippen LogP contribution in [0.15, 0.2) is 24.4 Å². The van der Waals surface area contributed by atoms with Crippen LogP contribution in [0.25, 0.3) is 5.69 Å². The molecule has 0 aliphatic rings. The second-order valence-corrected chi connectivity index (χ2v) is 4.69. The standard InChI is InChI=1S/C14H18ClN3O/c1-4-16-8-11-9-18(17-10(11)2)12-5-6-14(19-3)13(15)7-12/h5-7,9,16H,4,8H2,1-3H3. The number of nitrogens with one attached hydrogen (secondary N) is 1. The van der Waals surface area contributed by atoms with Crippen molar-refractivity contribution in [3.8, 4) is 11.4 Å². The molecule has 1 aromatic carbocycles. The lowest BCUT2D eigenvalue weighted by molar-refractivity contribution is 0.415. The highest BCUT2D eigenvalue weighted by Gasteiger charge is 2.08. The highest BCUT2D eigenvalue weighted by molar-refractivity contribution is 6.32. The lowest BCUT2D eigenvalue weighted by Gasteiger charge is -2.06. The van der Waals surface area contributed by atoms with Gasteiger partial charge in [0.2, 0.25) is 0 Å². The molecule has 1 heterocycles. The summed E-state index contributed by atoms with van der Waals surface area (Å²) in [6.45, 7) is 5.86. The van der Waals surface area contributed by atoms with Crippen LogP contribution < -0.4 is 10.1 Å². The summed E-state index contributed by atoms with van der Waals surface area (Å²) in [5.41, 5.74) is 3.14. The van der Waals surface area contributed by atoms with Crippen LogP contribution in [-0.4, -0.2) is 23.4 Å². The van der Waals surface area contributed by atoms with E-state index in [1.807, 2.05) is 36.0 Å². The molecule has 2 rings (SSSR count). The maximum absolute atomic E-state index is 6.13. The van der Waals surface area contributed by atoms with E-state index in [0.29, 0.717) is 10.8 Å². The Balaban J connectivity index is 2.29. The maximum Gasteiger partial charge on any atom is 0.137 e. The molecule has 5 heteroatoms. The second-order valence-electron chi connectivity index (χ2n) is 4.28. The summed E-state index contributed by atoms with van der Waals surface area (Å²) in [6, 6.07) is 5.64. The van der Waals surface area contributed by atoms with Crippen molar-refractivity contribution in [2.24, 2.45) is 0 Å². The van der Waals surface area contributed by atoms with E-state index in [9.17, 15) is 0 Å². The normalized spacial score (nSPS) is 10.7. The zero-order valence-corrected chi connectivity index (χ0v) is 12.2. The van der Waals surface area contributed by atoms with Crippen LogP contribution in [-0.2, 0) is 6.54 Å². The van der Waals surface area contributed by atoms with Crippen molar-refractivity contribution >= 4 is 11.6 Å². The summed E-state index contributed by atoms with van der Waals surface area (Å²) in [5, 5.41) is 8.39. The monoisotopic (exact) mass is 279 g/mol. The summed E-state index contributed by atoms with van der Waals surface area (Å²) in [6.07, 6.45) is 2.02. The molecule has 2 aromatic rings. The lowest BCUT2D eigenvalue weighted by atomic mass is 10.2. The van der Waals surface area contributed by atoms with Gasteiger partial charge in [0, 0.05) is 18.3 Å². The van der Waals surface area contributed by atoms with Crippen LogP contribution in [0.5, 0.6) is 5.75 Å². The van der Waals surface area contributed by atoms with Gasteiger partial charge in [0.1, 0.15) is 5.75 Å². The van der Waals surface area contributed by atoms with E-state index in [-0.39, 0.29) is 0 Å². The van der Waals surface area contributed by atoms with Gasteiger partial charge in [-0.25, -0.2) is 4.68 Å². The lowest BCUT2D eigenvalue weighted by Crippen LogP contribution is -2.11. The Morgan fingerprint density at radius 1 is 1.42 bits per heavy atom. The largest absolute Gasteiger partial charge is 0.495 e. The quantitative estimate of drug-likeness (QED) is 0.915. The third-order valence-corrected chi connectivity index (χ3v) is 3.26. The fraction of sp³-hybridized carbons (Fsp3) is 0.357. The molecule has 0 amide bonds. The molecule has 0 spiro atoms. The van der Waals surface area contributed by atoms with Crippen LogP contribution in [0.2, 0.25) is 5.02 Å². The molecule has 0 aliphatic carbocycles. The van der Waals surface area contributed by atoms with Gasteiger partial charge >= 0.3 is 0 Å². The molecule has 1 aromatic heterocycles. The van der Waals surface area contributed by atoms with Gasteiger partial charge in [-0.1, -0.05) is 18.5 Å². The van der Waals surface area contributed by atoms with Crippen molar-refractivity contribution in [3.63, 3.8) is 0 Å². The number of hydrogen-bond acceptors (Lipinski definition) is 3. The van der Waals surface area contributed by atoms with E-state index >= 15 is 0 Å². The summed E-state index contributed by atoms with van der Waals surface area (Å²) >= 11 is 6.13. The van der Waals surface area contributed by atoms with E-state index < -0.39 is 0 Å². The fourth-order valence-corrected chi connectivity index (χ4v) is 2.11. The van der Waals surface area contributed by atoms with Crippen molar-refractivity contribution in [1.29, 1.82) is 0 Å². The highest BCUT2D eigenvalue weighted by Crippen LogP contribution is 2.26. The molecule has 0 aliphatic heterocycles. The van der Waals surface area contributed by atoms with Crippen LogP contribution >= 0.6 is 11.6 Å². The molecule has 4 nitrogen and oxygen atoms in total. The molecule has 0 saturated heterocycles. The van der Waals surface area contributed by atoms with Crippen molar-refractivity contribution in [2.75, 3.05) is 13.7 Å². The molecule has 1 N–H and O–H groups in total. The molecular weight excluding hydrogens is 262 g/mol. The van der Waals surface area contributed by atoms with E-state index in [1.165, 1.54) is 5.56 Å². The summed E-state index contributed by atoms with van der Waals surface area (Å²) in [7, 11) is 1.60. The van der Waals surface area contributed by atoms with Crippen molar-refractivity contribution < 1.29 is 4.74 Å². The Hall–Kier alpha value is -1.52. The average molecular weight is 280 g/mol. The minimum absolute atomic E-state index is 0.585. The molecule has 102 valence electrons. The predicted octanol–water partition coefficient (Wildman–Crippen LogP) is 2.95. The fourth-order valence-electron chi connectivity index (χ4n) is 1.86. The molecular formula is C14H18ClN3O. The van der Waals surface area contributed by atoms with Gasteiger partial charge in [0.25, 0.3) is 0 Å². The first kappa shape index (κ1) is 13.9. The number of methoxy groups -OCH3 is 1. The van der Waals surface area contributed by atoms with Crippen LogP contribution in [0.3, 0.4) is 0 Å². The number of halogens is 1. The average Bonchev–Trinajstić information content (AvgIpc) is 2.77. The Morgan fingerprint density at radius 3 is 2.84 bits per heavy atom. The molecule has 0 saturated carbocycles. The molecule has 0 fully saturated rings. The van der Waals surface area contributed by atoms with Crippen molar-refractivity contribution in [3.05, 3.63) is 40.7 Å². The first-order chi connectivity index (χ1) is 9.15. The topological polar surface area (TPSA) is 39.1 Å². The molecule has 0 unspecified atom stereocenters. The molecule has 0 radical (unpaired) electrons. The number of rotatable bonds is 5. The molecule has 0 bridgehead atoms. The summed E-state index contributed by atoms with van der Waals surface area (Å²) in [4.78, 5) is 0. The number of benzene rings is 1. The van der Waals surface area contributed by atoms with Crippen molar-refractivity contribution in [2.45, 2.75) is 20.4 Å². The zero-order valence-electron chi connectivity index (χ0n) is 11.4. The van der Waals surface area contributed by atoms with Gasteiger partial charge in [-0.05, 0) is 31.7 Å². The third-order valence-electron chi connectivity index (χ3n) is 2.97. The smallest absolute Gasteiger partial charge is 0.137 e. The van der Waals surface area contributed by atoms with Crippen LogP contribution in [0.4, 0.5) is 0 Å². The number of aromatic nitrogens is 2. The predicted molar refractivity (Wildman–Crippen MR) is 77.2 cm³/mol. The minimum atomic E-state index is 0.585. The minimum Gasteiger partial charge on any atom is -0.495 e. The number of hydrogen-bond donors (Lipinski definition) is 1. The van der Waals surface area contributed by atoms with Gasteiger partial charge in [-0.2, -0.15) is 5.10 Å². The number of ether oxygens (including phenoxy) is 1. The Labute approximate surface area is 118 Å². The zero-order chi connectivity index (χ0) is 13.8. The summed E-state index contributed by atoms with van der Waals surface area (Å²) < 4.78 is 6.99. The van der Waals surface area contributed by atoms with E-state index in [0.717, 1.165) is 24.5 Å². The van der Waals surface area contributed by atoms with Crippen LogP contribution in [0.1, 0.15) is 18.2 Å². The third kappa shape index (κ3) is 3.08. The first-order valence-corrected chi connectivity index (χ1v) is 6.63. The second kappa shape index (κ2) is 6.08. The number of nitrogens with zero attached hydrogens (tertiary/aromatic N) is 2. The summed E-state index contributed by atoms with van der Waals surface area (Å²) in [5.74, 6) is 0.669. The van der Waals surface area contributed by atoms with Gasteiger partial charge in [0.15, 0.2) is 0 Å². The first-order valence-electron chi connectivity index (χ1n) is 6.25. The van der Waals surface area contributed by atoms with Crippen molar-refractivity contribution in [1.82, 2.24) is 15.1 Å². The van der Waals surface area contributed by atoms with Gasteiger partial charge in [0.05, 0.1) is 23.5 Å². The van der Waals surface area contributed by atoms with Gasteiger partial charge < -0.3 is 10.1 Å². The Morgan fingerprint density at radius 2 is 2.21 bits per heavy atom. The van der Waals surface area contributed by atoms with E-state index in [2.05, 4.69) is 17.3 Å². The molecule has 19 heavy (non-hydrogen) atoms. The molecule has 0 atom stereocenters. The van der Waals surface area contributed by atoms with Crippen LogP contribution in [0, 0.1) is 6.92 Å². The Bertz CT molecular complexity index is 566. The van der Waals surface area contributed by atoms with Gasteiger partial charge in [-0.3, -0.25) is 0 Å². The van der Waals surface area contributed by atoms with E-state index in [1.54, 1.807) is 7.11 Å². The highest BCUT2D eigenvalue weighted by atomic mass is 35.5. The van der Waals surface area contributed by atoms with Gasteiger partial charge in [-0.15, -0.1) is 0 Å². The SMILES string of the molecule is CCNCc1cn(-c2ccc(OC)c(Cl)c2)nc1C. The van der Waals surface area contributed by atoms with E-state index in [4.69, 9.17) is 16.3 Å². The number of aryl methyl sites for hydroxylation is 1.